The molecule has 0 spiro atoms. The van der Waals surface area contributed by atoms with Gasteiger partial charge >= 0.3 is 0 Å². The SMILES string of the molecule is CCN([O-])CC. The Morgan fingerprint density at radius 3 is 1.67 bits per heavy atom. The number of hydrogen-bond donors (Lipinski definition) is 0. The highest BCUT2D eigenvalue weighted by atomic mass is 16.5. The standard InChI is InChI=1S/C4H10NO/c1-3-5(6)4-2/h3-4H2,1-2H3/q-1. The highest BCUT2D eigenvalue weighted by Gasteiger charge is 1.72. The Kier molecular flexibility index (Phi) is 3.08. The number of hydrogen-bond acceptors (Lipinski definition) is 2. The summed E-state index contributed by atoms with van der Waals surface area (Å²) in [5.74, 6) is 0. The van der Waals surface area contributed by atoms with Crippen molar-refractivity contribution < 1.29 is 0 Å². The maximum absolute atomic E-state index is 10.1. The second-order valence-electron chi connectivity index (χ2n) is 1.11. The molecule has 0 heterocycles. The van der Waals surface area contributed by atoms with Crippen LogP contribution in [-0.2, 0) is 0 Å². The lowest BCUT2D eigenvalue weighted by Gasteiger charge is -2.22. The highest BCUT2D eigenvalue weighted by molar-refractivity contribution is 4.45. The van der Waals surface area contributed by atoms with Gasteiger partial charge in [0, 0.05) is 0 Å². The van der Waals surface area contributed by atoms with Crippen LogP contribution in [0.1, 0.15) is 13.8 Å². The maximum atomic E-state index is 10.1. The van der Waals surface area contributed by atoms with E-state index >= 15 is 0 Å². The van der Waals surface area contributed by atoms with E-state index in [1.165, 1.54) is 0 Å². The smallest absolute Gasteiger partial charge is 0.0174 e. The Balaban J connectivity index is 2.75. The van der Waals surface area contributed by atoms with E-state index in [0.29, 0.717) is 13.1 Å². The molecule has 0 rings (SSSR count). The molecule has 0 aliphatic rings. The summed E-state index contributed by atoms with van der Waals surface area (Å²) in [6.45, 7) is 4.90. The molecule has 38 valence electrons. The Labute approximate surface area is 38.3 Å². The van der Waals surface area contributed by atoms with Crippen LogP contribution in [0.25, 0.3) is 0 Å². The molecular formula is C4H10NO-. The van der Waals surface area contributed by atoms with Crippen LogP contribution in [0.3, 0.4) is 0 Å². The Bertz CT molecular complexity index is 26.7. The summed E-state index contributed by atoms with van der Waals surface area (Å²) in [6.07, 6.45) is 0. The normalized spacial score (nSPS) is 10.0. The van der Waals surface area contributed by atoms with E-state index in [1.54, 1.807) is 0 Å². The number of rotatable bonds is 2. The highest BCUT2D eigenvalue weighted by Crippen LogP contribution is 1.76. The molecule has 0 amide bonds. The van der Waals surface area contributed by atoms with Crippen LogP contribution in [-0.4, -0.2) is 18.2 Å². The van der Waals surface area contributed by atoms with Crippen molar-refractivity contribution in [1.82, 2.24) is 5.06 Å². The summed E-state index contributed by atoms with van der Waals surface area (Å²) in [5.41, 5.74) is 0. The Morgan fingerprint density at radius 2 is 1.67 bits per heavy atom. The molecule has 0 aromatic rings. The molecule has 0 aromatic heterocycles. The van der Waals surface area contributed by atoms with Crippen molar-refractivity contribution in [1.29, 1.82) is 0 Å². The van der Waals surface area contributed by atoms with Gasteiger partial charge in [0.25, 0.3) is 0 Å². The first-order valence-corrected chi connectivity index (χ1v) is 2.23. The molecule has 6 heavy (non-hydrogen) atoms. The summed E-state index contributed by atoms with van der Waals surface area (Å²) >= 11 is 0. The topological polar surface area (TPSA) is 26.3 Å². The minimum Gasteiger partial charge on any atom is -0.785 e. The summed E-state index contributed by atoms with van der Waals surface area (Å²) in [7, 11) is 0. The van der Waals surface area contributed by atoms with Crippen molar-refractivity contribution >= 4 is 0 Å². The average Bonchev–Trinajstić information content (AvgIpc) is 1.65. The quantitative estimate of drug-likeness (QED) is 0.467. The van der Waals surface area contributed by atoms with Crippen LogP contribution in [0.5, 0.6) is 0 Å². The zero-order chi connectivity index (χ0) is 4.99. The second-order valence-corrected chi connectivity index (χ2v) is 1.11. The van der Waals surface area contributed by atoms with E-state index in [-0.39, 0.29) is 0 Å². The van der Waals surface area contributed by atoms with E-state index in [2.05, 4.69) is 0 Å². The Morgan fingerprint density at radius 1 is 1.33 bits per heavy atom. The molecule has 0 aliphatic carbocycles. The molecule has 0 unspecified atom stereocenters. The predicted octanol–water partition coefficient (Wildman–Crippen LogP) is 0.826. The predicted molar refractivity (Wildman–Crippen MR) is 26.3 cm³/mol. The van der Waals surface area contributed by atoms with Crippen molar-refractivity contribution in [2.45, 2.75) is 13.8 Å². The van der Waals surface area contributed by atoms with E-state index in [4.69, 9.17) is 0 Å². The van der Waals surface area contributed by atoms with Crippen molar-refractivity contribution in [2.75, 3.05) is 13.1 Å². The molecule has 2 nitrogen and oxygen atoms in total. The van der Waals surface area contributed by atoms with Crippen molar-refractivity contribution in [3.05, 3.63) is 5.21 Å². The summed E-state index contributed by atoms with van der Waals surface area (Å²) < 4.78 is 0. The molecule has 0 aliphatic heterocycles. The van der Waals surface area contributed by atoms with Gasteiger partial charge in [-0.05, 0) is 13.1 Å². The fourth-order valence-electron chi connectivity index (χ4n) is 0.224. The maximum Gasteiger partial charge on any atom is -0.0174 e. The third-order valence-corrected chi connectivity index (χ3v) is 0.705. The molecule has 0 aromatic carbocycles. The van der Waals surface area contributed by atoms with Crippen LogP contribution in [0.15, 0.2) is 0 Å². The van der Waals surface area contributed by atoms with Gasteiger partial charge in [-0.3, -0.25) is 0 Å². The zero-order valence-electron chi connectivity index (χ0n) is 4.27. The van der Waals surface area contributed by atoms with Gasteiger partial charge in [0.15, 0.2) is 0 Å². The van der Waals surface area contributed by atoms with E-state index in [0.717, 1.165) is 5.06 Å². The van der Waals surface area contributed by atoms with Gasteiger partial charge in [0.05, 0.1) is 0 Å². The van der Waals surface area contributed by atoms with E-state index < -0.39 is 0 Å². The minimum absolute atomic E-state index is 0.608. The molecule has 0 radical (unpaired) electrons. The molecule has 2 heteroatoms. The minimum atomic E-state index is 0.608. The van der Waals surface area contributed by atoms with E-state index in [9.17, 15) is 5.21 Å². The molecule has 0 N–H and O–H groups in total. The molecule has 0 atom stereocenters. The van der Waals surface area contributed by atoms with Crippen LogP contribution in [0, 0.1) is 5.21 Å². The fourth-order valence-corrected chi connectivity index (χ4v) is 0.224. The molecule has 0 fully saturated rings. The van der Waals surface area contributed by atoms with Gasteiger partial charge in [0.1, 0.15) is 0 Å². The monoisotopic (exact) mass is 88.1 g/mol. The molecule has 0 saturated heterocycles. The van der Waals surface area contributed by atoms with Crippen molar-refractivity contribution in [2.24, 2.45) is 0 Å². The van der Waals surface area contributed by atoms with Crippen LogP contribution < -0.4 is 0 Å². The van der Waals surface area contributed by atoms with Gasteiger partial charge in [-0.2, -0.15) is 0 Å². The Hall–Kier alpha value is -0.0800. The summed E-state index contributed by atoms with van der Waals surface area (Å²) in [6, 6.07) is 0. The van der Waals surface area contributed by atoms with Crippen LogP contribution in [0.4, 0.5) is 0 Å². The summed E-state index contributed by atoms with van der Waals surface area (Å²) in [5, 5.41) is 11.1. The average molecular weight is 88.1 g/mol. The first kappa shape index (κ1) is 5.92. The molecular weight excluding hydrogens is 78.0 g/mol. The van der Waals surface area contributed by atoms with Gasteiger partial charge in [-0.25, -0.2) is 0 Å². The lowest BCUT2D eigenvalue weighted by atomic mass is 10.6. The van der Waals surface area contributed by atoms with Gasteiger partial charge < -0.3 is 10.3 Å². The third-order valence-electron chi connectivity index (χ3n) is 0.705. The fraction of sp³-hybridized carbons (Fsp3) is 1.00. The van der Waals surface area contributed by atoms with Crippen LogP contribution >= 0.6 is 0 Å². The third kappa shape index (κ3) is 2.18. The van der Waals surface area contributed by atoms with Crippen LogP contribution in [0.2, 0.25) is 0 Å². The first-order valence-electron chi connectivity index (χ1n) is 2.23. The largest absolute Gasteiger partial charge is 0.785 e. The first-order chi connectivity index (χ1) is 2.81. The zero-order valence-corrected chi connectivity index (χ0v) is 4.27. The van der Waals surface area contributed by atoms with E-state index in [1.807, 2.05) is 13.8 Å². The molecule has 0 bridgehead atoms. The number of nitrogens with zero attached hydrogens (tertiary/aromatic N) is 1. The lowest BCUT2D eigenvalue weighted by Crippen LogP contribution is -2.13. The van der Waals surface area contributed by atoms with Gasteiger partial charge in [-0.1, -0.05) is 13.8 Å². The number of hydroxylamine groups is 2. The summed E-state index contributed by atoms with van der Waals surface area (Å²) in [4.78, 5) is 0. The van der Waals surface area contributed by atoms with Crippen molar-refractivity contribution in [3.8, 4) is 0 Å². The van der Waals surface area contributed by atoms with Gasteiger partial charge in [0.2, 0.25) is 0 Å². The van der Waals surface area contributed by atoms with Crippen molar-refractivity contribution in [3.63, 3.8) is 0 Å². The second kappa shape index (κ2) is 3.12. The molecule has 0 saturated carbocycles. The lowest BCUT2D eigenvalue weighted by molar-refractivity contribution is 0.421. The van der Waals surface area contributed by atoms with Gasteiger partial charge in [-0.15, -0.1) is 0 Å².